The molecule has 8 heteroatoms. The number of halogens is 1. The first-order valence-corrected chi connectivity index (χ1v) is 10.4. The van der Waals surface area contributed by atoms with Gasteiger partial charge in [0.2, 0.25) is 5.91 Å². The lowest BCUT2D eigenvalue weighted by Gasteiger charge is -2.05. The molecule has 0 fully saturated rings. The van der Waals surface area contributed by atoms with Crippen molar-refractivity contribution in [3.05, 3.63) is 89.5 Å². The van der Waals surface area contributed by atoms with E-state index >= 15 is 0 Å². The van der Waals surface area contributed by atoms with Crippen LogP contribution in [-0.2, 0) is 11.2 Å². The Morgan fingerprint density at radius 2 is 1.71 bits per heavy atom. The van der Waals surface area contributed by atoms with Gasteiger partial charge in [-0.05, 0) is 29.8 Å². The highest BCUT2D eigenvalue weighted by Gasteiger charge is 2.13. The van der Waals surface area contributed by atoms with Gasteiger partial charge in [0.15, 0.2) is 11.7 Å². The van der Waals surface area contributed by atoms with Gasteiger partial charge in [-0.25, -0.2) is 9.37 Å². The Bertz CT molecular complexity index is 1190. The number of amides is 2. The fourth-order valence-electron chi connectivity index (χ4n) is 2.86. The van der Waals surface area contributed by atoms with E-state index in [4.69, 9.17) is 4.42 Å². The molecule has 0 radical (unpaired) electrons. The summed E-state index contributed by atoms with van der Waals surface area (Å²) in [5, 5.41) is 0. The third-order valence-corrected chi connectivity index (χ3v) is 5.58. The van der Waals surface area contributed by atoms with Gasteiger partial charge < -0.3 is 4.42 Å². The number of aryl methyl sites for hydroxylation is 1. The van der Waals surface area contributed by atoms with E-state index in [9.17, 15) is 14.0 Å². The van der Waals surface area contributed by atoms with Crippen molar-refractivity contribution in [3.8, 4) is 21.8 Å². The zero-order chi connectivity index (χ0) is 21.6. The van der Waals surface area contributed by atoms with Gasteiger partial charge in [-0.15, -0.1) is 11.3 Å². The maximum Gasteiger partial charge on any atom is 0.279 e. The minimum absolute atomic E-state index is 0.111. The van der Waals surface area contributed by atoms with Crippen LogP contribution in [0.25, 0.3) is 21.8 Å². The van der Waals surface area contributed by atoms with Crippen molar-refractivity contribution >= 4 is 23.2 Å². The molecule has 6 nitrogen and oxygen atoms in total. The molecule has 4 aromatic rings. The van der Waals surface area contributed by atoms with Crippen molar-refractivity contribution in [3.63, 3.8) is 0 Å². The molecule has 0 aliphatic rings. The van der Waals surface area contributed by atoms with Crippen LogP contribution in [-0.4, -0.2) is 16.8 Å². The maximum atomic E-state index is 13.1. The monoisotopic (exact) mass is 435 g/mol. The topological polar surface area (TPSA) is 84.2 Å². The van der Waals surface area contributed by atoms with Gasteiger partial charge in [0.25, 0.3) is 5.91 Å². The van der Waals surface area contributed by atoms with Crippen LogP contribution < -0.4 is 10.9 Å². The van der Waals surface area contributed by atoms with Crippen LogP contribution in [0.15, 0.2) is 77.3 Å². The summed E-state index contributed by atoms with van der Waals surface area (Å²) < 4.78 is 18.7. The molecule has 2 amide bonds. The molecule has 4 rings (SSSR count). The van der Waals surface area contributed by atoms with Crippen molar-refractivity contribution in [2.24, 2.45) is 0 Å². The predicted octanol–water partition coefficient (Wildman–Crippen LogP) is 4.60. The first kappa shape index (κ1) is 20.5. The van der Waals surface area contributed by atoms with Gasteiger partial charge in [0.1, 0.15) is 5.82 Å². The molecular formula is C23H18FN3O3S. The highest BCUT2D eigenvalue weighted by molar-refractivity contribution is 7.17. The number of hydrogen-bond acceptors (Lipinski definition) is 5. The summed E-state index contributed by atoms with van der Waals surface area (Å²) in [6.45, 7) is 0. The number of hydrazine groups is 1. The number of carbonyl (C=O) groups is 2. The van der Waals surface area contributed by atoms with Crippen LogP contribution in [0.3, 0.4) is 0 Å². The molecule has 2 aromatic heterocycles. The van der Waals surface area contributed by atoms with E-state index in [0.717, 1.165) is 16.0 Å². The molecule has 0 bridgehead atoms. The first-order chi connectivity index (χ1) is 15.1. The van der Waals surface area contributed by atoms with Gasteiger partial charge in [-0.1, -0.05) is 42.5 Å². The summed E-state index contributed by atoms with van der Waals surface area (Å²) in [6, 6.07) is 19.0. The Morgan fingerprint density at radius 3 is 2.48 bits per heavy atom. The minimum Gasteiger partial charge on any atom is -0.441 e. The average Bonchev–Trinajstić information content (AvgIpc) is 3.47. The quantitative estimate of drug-likeness (QED) is 0.434. The number of nitrogens with one attached hydrogen (secondary N) is 2. The molecule has 2 heterocycles. The first-order valence-electron chi connectivity index (χ1n) is 9.53. The predicted molar refractivity (Wildman–Crippen MR) is 116 cm³/mol. The third-order valence-electron chi connectivity index (χ3n) is 4.45. The number of hydrogen-bond donors (Lipinski definition) is 2. The highest BCUT2D eigenvalue weighted by atomic mass is 32.1. The summed E-state index contributed by atoms with van der Waals surface area (Å²) in [5.41, 5.74) is 6.52. The molecule has 2 N–H and O–H groups in total. The fraction of sp³-hybridized carbons (Fsp3) is 0.0870. The second-order valence-corrected chi connectivity index (χ2v) is 7.74. The molecule has 0 atom stereocenters. The second-order valence-electron chi connectivity index (χ2n) is 6.66. The highest BCUT2D eigenvalue weighted by Crippen LogP contribution is 2.28. The molecule has 0 spiro atoms. The summed E-state index contributed by atoms with van der Waals surface area (Å²) in [5.74, 6) is -0.0131. The normalized spacial score (nSPS) is 10.6. The maximum absolute atomic E-state index is 13.1. The fourth-order valence-corrected chi connectivity index (χ4v) is 3.77. The molecule has 0 saturated carbocycles. The van der Waals surface area contributed by atoms with Gasteiger partial charge in [0.05, 0.1) is 11.1 Å². The van der Waals surface area contributed by atoms with Gasteiger partial charge >= 0.3 is 0 Å². The number of carbonyl (C=O) groups excluding carboxylic acids is 2. The Balaban J connectivity index is 1.26. The molecule has 0 unspecified atom stereocenters. The lowest BCUT2D eigenvalue weighted by Crippen LogP contribution is -2.41. The van der Waals surface area contributed by atoms with Gasteiger partial charge in [0, 0.05) is 23.3 Å². The SMILES string of the molecule is O=C(CCc1ncc(-c2ccccc2)o1)NNC(=O)c1ccc(-c2ccc(F)cc2)s1. The van der Waals surface area contributed by atoms with Crippen LogP contribution in [0, 0.1) is 5.82 Å². The van der Waals surface area contributed by atoms with Gasteiger partial charge in [-0.2, -0.15) is 0 Å². The zero-order valence-electron chi connectivity index (χ0n) is 16.3. The summed E-state index contributed by atoms with van der Waals surface area (Å²) in [7, 11) is 0. The van der Waals surface area contributed by atoms with Crippen molar-refractivity contribution in [1.29, 1.82) is 0 Å². The van der Waals surface area contributed by atoms with Crippen molar-refractivity contribution in [1.82, 2.24) is 15.8 Å². The average molecular weight is 435 g/mol. The number of thiophene rings is 1. The zero-order valence-corrected chi connectivity index (χ0v) is 17.1. The summed E-state index contributed by atoms with van der Waals surface area (Å²) >= 11 is 1.25. The molecule has 0 aliphatic carbocycles. The number of oxazole rings is 1. The van der Waals surface area contributed by atoms with E-state index in [1.807, 2.05) is 30.3 Å². The lowest BCUT2D eigenvalue weighted by atomic mass is 10.2. The van der Waals surface area contributed by atoms with Crippen molar-refractivity contribution in [2.75, 3.05) is 0 Å². The smallest absolute Gasteiger partial charge is 0.279 e. The Kier molecular flexibility index (Phi) is 6.18. The van der Waals surface area contributed by atoms with Crippen molar-refractivity contribution in [2.45, 2.75) is 12.8 Å². The Hall–Kier alpha value is -3.78. The van der Waals surface area contributed by atoms with E-state index in [-0.39, 0.29) is 18.1 Å². The summed E-state index contributed by atoms with van der Waals surface area (Å²) in [4.78, 5) is 29.8. The standard InChI is InChI=1S/C23H18FN3O3S/c24-17-8-6-16(7-9-17)19-10-11-20(31-19)23(29)27-26-21(28)12-13-22-25-14-18(30-22)15-4-2-1-3-5-15/h1-11,14H,12-13H2,(H,26,28)(H,27,29). The van der Waals surface area contributed by atoms with Crippen LogP contribution in [0.2, 0.25) is 0 Å². The minimum atomic E-state index is -0.422. The van der Waals surface area contributed by atoms with Gasteiger partial charge in [-0.3, -0.25) is 20.4 Å². The van der Waals surface area contributed by atoms with Crippen LogP contribution in [0.5, 0.6) is 0 Å². The van der Waals surface area contributed by atoms with Crippen LogP contribution >= 0.6 is 11.3 Å². The second kappa shape index (κ2) is 9.36. The number of nitrogens with zero attached hydrogens (tertiary/aromatic N) is 1. The third kappa shape index (κ3) is 5.23. The largest absolute Gasteiger partial charge is 0.441 e. The number of aromatic nitrogens is 1. The molecule has 2 aromatic carbocycles. The van der Waals surface area contributed by atoms with E-state index in [1.54, 1.807) is 30.5 Å². The van der Waals surface area contributed by atoms with E-state index in [0.29, 0.717) is 22.9 Å². The Morgan fingerprint density at radius 1 is 0.935 bits per heavy atom. The molecule has 0 aliphatic heterocycles. The van der Waals surface area contributed by atoms with Crippen molar-refractivity contribution < 1.29 is 18.4 Å². The lowest BCUT2D eigenvalue weighted by molar-refractivity contribution is -0.121. The van der Waals surface area contributed by atoms with Crippen LogP contribution in [0.1, 0.15) is 22.0 Å². The number of rotatable bonds is 6. The van der Waals surface area contributed by atoms with Crippen LogP contribution in [0.4, 0.5) is 4.39 Å². The number of benzene rings is 2. The summed E-state index contributed by atoms with van der Waals surface area (Å²) in [6.07, 6.45) is 2.04. The molecule has 31 heavy (non-hydrogen) atoms. The Labute approximate surface area is 181 Å². The van der Waals surface area contributed by atoms with E-state index in [2.05, 4.69) is 15.8 Å². The van der Waals surface area contributed by atoms with E-state index in [1.165, 1.54) is 23.5 Å². The molecule has 156 valence electrons. The molecular weight excluding hydrogens is 417 g/mol. The van der Waals surface area contributed by atoms with E-state index < -0.39 is 5.91 Å². The molecule has 0 saturated heterocycles.